The predicted molar refractivity (Wildman–Crippen MR) is 145 cm³/mol. The second-order valence-corrected chi connectivity index (χ2v) is 12.0. The number of nitrogens with zero attached hydrogens (tertiary/aromatic N) is 3. The second-order valence-electron chi connectivity index (χ2n) is 9.40. The summed E-state index contributed by atoms with van der Waals surface area (Å²) in [6, 6.07) is 10.4. The quantitative estimate of drug-likeness (QED) is 0.432. The summed E-state index contributed by atoms with van der Waals surface area (Å²) >= 11 is 3.53. The average Bonchev–Trinajstić information content (AvgIpc) is 3.29. The molecule has 2 aromatic rings. The van der Waals surface area contributed by atoms with Crippen LogP contribution in [-0.2, 0) is 36.6 Å². The van der Waals surface area contributed by atoms with Crippen LogP contribution >= 0.6 is 15.9 Å². The number of sulfonamides is 1. The summed E-state index contributed by atoms with van der Waals surface area (Å²) in [6.07, 6.45) is 2.14. The number of nitrogens with one attached hydrogen (secondary N) is 1. The van der Waals surface area contributed by atoms with Crippen LogP contribution in [0, 0.1) is 5.92 Å². The first-order chi connectivity index (χ1) is 18.2. The van der Waals surface area contributed by atoms with Crippen LogP contribution in [0.5, 0.6) is 0 Å². The topological polar surface area (TPSA) is 126 Å². The van der Waals surface area contributed by atoms with E-state index in [2.05, 4.69) is 20.7 Å². The van der Waals surface area contributed by atoms with E-state index in [9.17, 15) is 22.8 Å². The van der Waals surface area contributed by atoms with Crippen molar-refractivity contribution in [1.82, 2.24) is 14.6 Å². The van der Waals surface area contributed by atoms with Gasteiger partial charge >= 0.3 is 5.97 Å². The molecule has 2 fully saturated rings. The van der Waals surface area contributed by atoms with Crippen LogP contribution in [-0.4, -0.2) is 62.3 Å². The van der Waals surface area contributed by atoms with Crippen molar-refractivity contribution in [2.24, 2.45) is 5.92 Å². The lowest BCUT2D eigenvalue weighted by molar-refractivity contribution is -0.128. The van der Waals surface area contributed by atoms with Crippen molar-refractivity contribution in [3.8, 4) is 0 Å². The van der Waals surface area contributed by atoms with E-state index in [1.54, 1.807) is 48.2 Å². The highest BCUT2D eigenvalue weighted by atomic mass is 79.9. The third kappa shape index (κ3) is 6.90. The Kier molecular flexibility index (Phi) is 9.03. The Bertz CT molecular complexity index is 1300. The first-order valence-corrected chi connectivity index (χ1v) is 15.1. The standard InChI is InChI=1S/C26H31BrN4O6S/c1-2-37-26(34)20-15-21(27)24(28-22(20)16-31-12-6-9-23(31)32)30-13-10-19(11-14-30)25(33)29-38(35,36)17-18-7-4-3-5-8-18/h3-5,7-8,15,19H,2,6,9-14,16-17H2,1H3,(H,29,33). The lowest BCUT2D eigenvalue weighted by Gasteiger charge is -2.33. The number of carbonyl (C=O) groups is 3. The van der Waals surface area contributed by atoms with Gasteiger partial charge in [0.1, 0.15) is 5.82 Å². The van der Waals surface area contributed by atoms with Gasteiger partial charge in [-0.05, 0) is 53.7 Å². The Morgan fingerprint density at radius 2 is 1.87 bits per heavy atom. The molecule has 1 aromatic heterocycles. The Balaban J connectivity index is 1.44. The zero-order valence-corrected chi connectivity index (χ0v) is 23.6. The van der Waals surface area contributed by atoms with E-state index in [0.29, 0.717) is 66.0 Å². The number of likely N-dealkylation sites (tertiary alicyclic amines) is 1. The number of benzene rings is 1. The van der Waals surface area contributed by atoms with Gasteiger partial charge in [-0.2, -0.15) is 0 Å². The number of amides is 2. The third-order valence-corrected chi connectivity index (χ3v) is 8.47. The summed E-state index contributed by atoms with van der Waals surface area (Å²) < 4.78 is 33.0. The van der Waals surface area contributed by atoms with Gasteiger partial charge in [0, 0.05) is 32.0 Å². The Morgan fingerprint density at radius 1 is 1.16 bits per heavy atom. The van der Waals surface area contributed by atoms with Crippen molar-refractivity contribution in [1.29, 1.82) is 0 Å². The summed E-state index contributed by atoms with van der Waals surface area (Å²) in [5, 5.41) is 0. The number of esters is 1. The van der Waals surface area contributed by atoms with Gasteiger partial charge in [-0.25, -0.2) is 18.2 Å². The average molecular weight is 608 g/mol. The highest BCUT2D eigenvalue weighted by Crippen LogP contribution is 2.31. The largest absolute Gasteiger partial charge is 0.462 e. The second kappa shape index (κ2) is 12.2. The van der Waals surface area contributed by atoms with Gasteiger partial charge in [0.05, 0.1) is 34.6 Å². The monoisotopic (exact) mass is 606 g/mol. The molecule has 0 bridgehead atoms. The Labute approximate surface area is 230 Å². The molecule has 0 saturated carbocycles. The number of ether oxygens (including phenoxy) is 1. The third-order valence-electron chi connectivity index (χ3n) is 6.66. The molecule has 0 unspecified atom stereocenters. The number of rotatable bonds is 9. The molecule has 2 aliphatic rings. The fourth-order valence-corrected chi connectivity index (χ4v) is 6.46. The number of piperidine rings is 1. The van der Waals surface area contributed by atoms with Crippen LogP contribution in [0.4, 0.5) is 5.82 Å². The van der Waals surface area contributed by atoms with E-state index in [0.717, 1.165) is 6.42 Å². The highest BCUT2D eigenvalue weighted by Gasteiger charge is 2.31. The van der Waals surface area contributed by atoms with Crippen LogP contribution in [0.1, 0.15) is 54.2 Å². The van der Waals surface area contributed by atoms with Crippen LogP contribution in [0.2, 0.25) is 0 Å². The van der Waals surface area contributed by atoms with Gasteiger partial charge < -0.3 is 14.5 Å². The maximum atomic E-state index is 12.8. The number of halogens is 1. The number of aromatic nitrogens is 1. The fourth-order valence-electron chi connectivity index (χ4n) is 4.72. The molecule has 1 aromatic carbocycles. The van der Waals surface area contributed by atoms with E-state index >= 15 is 0 Å². The zero-order chi connectivity index (χ0) is 27.3. The molecular formula is C26H31BrN4O6S. The molecule has 0 aliphatic carbocycles. The molecule has 3 heterocycles. The van der Waals surface area contributed by atoms with Crippen LogP contribution < -0.4 is 9.62 Å². The van der Waals surface area contributed by atoms with E-state index < -0.39 is 27.8 Å². The number of anilines is 1. The molecule has 0 radical (unpaired) electrons. The fraction of sp³-hybridized carbons (Fsp3) is 0.462. The maximum Gasteiger partial charge on any atom is 0.340 e. The van der Waals surface area contributed by atoms with Gasteiger partial charge in [0.25, 0.3) is 0 Å². The molecule has 0 atom stereocenters. The van der Waals surface area contributed by atoms with Gasteiger partial charge in [-0.3, -0.25) is 14.3 Å². The van der Waals surface area contributed by atoms with E-state index in [1.807, 2.05) is 4.90 Å². The van der Waals surface area contributed by atoms with Crippen molar-refractivity contribution < 1.29 is 27.5 Å². The minimum absolute atomic E-state index is 0.0279. The Morgan fingerprint density at radius 3 is 2.50 bits per heavy atom. The summed E-state index contributed by atoms with van der Waals surface area (Å²) in [5.41, 5.74) is 1.38. The molecule has 2 saturated heterocycles. The number of carbonyl (C=O) groups excluding carboxylic acids is 3. The van der Waals surface area contributed by atoms with Crippen molar-refractivity contribution in [2.45, 2.75) is 44.9 Å². The van der Waals surface area contributed by atoms with Crippen LogP contribution in [0.25, 0.3) is 0 Å². The molecule has 204 valence electrons. The molecular weight excluding hydrogens is 576 g/mol. The minimum Gasteiger partial charge on any atom is -0.462 e. The van der Waals surface area contributed by atoms with Gasteiger partial charge in [0.15, 0.2) is 0 Å². The van der Waals surface area contributed by atoms with E-state index in [4.69, 9.17) is 9.72 Å². The first-order valence-electron chi connectivity index (χ1n) is 12.6. The van der Waals surface area contributed by atoms with Gasteiger partial charge in [-0.15, -0.1) is 0 Å². The highest BCUT2D eigenvalue weighted by molar-refractivity contribution is 9.10. The zero-order valence-electron chi connectivity index (χ0n) is 21.2. The normalized spacial score (nSPS) is 16.5. The van der Waals surface area contributed by atoms with Crippen molar-refractivity contribution in [3.05, 3.63) is 57.7 Å². The summed E-state index contributed by atoms with van der Waals surface area (Å²) in [7, 11) is -3.80. The van der Waals surface area contributed by atoms with Crippen LogP contribution in [0.15, 0.2) is 40.9 Å². The Hall–Kier alpha value is -2.99. The van der Waals surface area contributed by atoms with Gasteiger partial charge in [-0.1, -0.05) is 30.3 Å². The molecule has 2 aliphatic heterocycles. The molecule has 12 heteroatoms. The molecule has 38 heavy (non-hydrogen) atoms. The molecule has 10 nitrogen and oxygen atoms in total. The summed E-state index contributed by atoms with van der Waals surface area (Å²) in [5.74, 6) is -1.07. The first kappa shape index (κ1) is 28.0. The SMILES string of the molecule is CCOC(=O)c1cc(Br)c(N2CCC(C(=O)NS(=O)(=O)Cc3ccccc3)CC2)nc1CN1CCCC1=O. The van der Waals surface area contributed by atoms with Crippen LogP contribution in [0.3, 0.4) is 0 Å². The molecule has 0 spiro atoms. The smallest absolute Gasteiger partial charge is 0.340 e. The van der Waals surface area contributed by atoms with Gasteiger partial charge in [0.2, 0.25) is 21.8 Å². The number of hydrogen-bond donors (Lipinski definition) is 1. The molecule has 2 amide bonds. The number of pyridine rings is 1. The van der Waals surface area contributed by atoms with E-state index in [1.165, 1.54) is 0 Å². The van der Waals surface area contributed by atoms with Crippen molar-refractivity contribution in [2.75, 3.05) is 31.1 Å². The summed E-state index contributed by atoms with van der Waals surface area (Å²) in [4.78, 5) is 46.0. The number of hydrogen-bond acceptors (Lipinski definition) is 8. The summed E-state index contributed by atoms with van der Waals surface area (Å²) in [6.45, 7) is 3.72. The predicted octanol–water partition coefficient (Wildman–Crippen LogP) is 3.01. The van der Waals surface area contributed by atoms with E-state index in [-0.39, 0.29) is 24.8 Å². The van der Waals surface area contributed by atoms with Crippen molar-refractivity contribution in [3.63, 3.8) is 0 Å². The lowest BCUT2D eigenvalue weighted by Crippen LogP contribution is -2.43. The lowest BCUT2D eigenvalue weighted by atomic mass is 9.96. The minimum atomic E-state index is -3.80. The van der Waals surface area contributed by atoms with Crippen molar-refractivity contribution >= 4 is 49.6 Å². The molecule has 1 N–H and O–H groups in total. The maximum absolute atomic E-state index is 12.8. The molecule has 4 rings (SSSR count).